The van der Waals surface area contributed by atoms with Gasteiger partial charge in [0.15, 0.2) is 0 Å². The molecule has 0 amide bonds. The van der Waals surface area contributed by atoms with E-state index >= 15 is 0 Å². The molecule has 1 rings (SSSR count). The first-order chi connectivity index (χ1) is 8.15. The summed E-state index contributed by atoms with van der Waals surface area (Å²) < 4.78 is 9.87. The molecule has 4 heteroatoms. The van der Waals surface area contributed by atoms with Crippen LogP contribution in [-0.2, 0) is 16.0 Å². The number of methoxy groups -OCH3 is 1. The van der Waals surface area contributed by atoms with Gasteiger partial charge in [0, 0.05) is 6.92 Å². The van der Waals surface area contributed by atoms with Gasteiger partial charge in [-0.15, -0.1) is 0 Å². The van der Waals surface area contributed by atoms with Crippen LogP contribution in [0.2, 0.25) is 0 Å². The molecule has 1 aromatic carbocycles. The number of nitrogens with zero attached hydrogens (tertiary/aromatic N) is 1. The fourth-order valence-corrected chi connectivity index (χ4v) is 1.41. The summed E-state index contributed by atoms with van der Waals surface area (Å²) in [4.78, 5) is 10.7. The molecule has 4 nitrogen and oxygen atoms in total. The third-order valence-corrected chi connectivity index (χ3v) is 2.31. The van der Waals surface area contributed by atoms with Crippen molar-refractivity contribution in [3.05, 3.63) is 29.8 Å². The van der Waals surface area contributed by atoms with E-state index in [9.17, 15) is 4.79 Å². The number of benzene rings is 1. The molecular weight excluding hydrogens is 218 g/mol. The summed E-state index contributed by atoms with van der Waals surface area (Å²) >= 11 is 0. The maximum atomic E-state index is 10.7. The second kappa shape index (κ2) is 6.54. The van der Waals surface area contributed by atoms with Crippen LogP contribution in [0.4, 0.5) is 0 Å². The van der Waals surface area contributed by atoms with Gasteiger partial charge < -0.3 is 9.47 Å². The molecule has 0 bridgehead atoms. The number of carbonyl (C=O) groups is 1. The van der Waals surface area contributed by atoms with Gasteiger partial charge in [-0.1, -0.05) is 12.1 Å². The molecule has 0 saturated carbocycles. The van der Waals surface area contributed by atoms with Crippen LogP contribution >= 0.6 is 0 Å². The van der Waals surface area contributed by atoms with Gasteiger partial charge in [-0.3, -0.25) is 4.79 Å². The molecule has 90 valence electrons. The van der Waals surface area contributed by atoms with E-state index in [4.69, 9.17) is 14.7 Å². The Hall–Kier alpha value is -2.02. The molecule has 1 atom stereocenters. The summed E-state index contributed by atoms with van der Waals surface area (Å²) in [5.74, 6) is 0.106. The van der Waals surface area contributed by atoms with Gasteiger partial charge >= 0.3 is 5.97 Å². The number of nitriles is 1. The Bertz CT molecular complexity index is 406. The fourth-order valence-electron chi connectivity index (χ4n) is 1.41. The minimum atomic E-state index is -0.361. The minimum Gasteiger partial charge on any atom is -0.497 e. The average Bonchev–Trinajstić information content (AvgIpc) is 2.35. The van der Waals surface area contributed by atoms with Crippen LogP contribution in [-0.4, -0.2) is 19.7 Å². The smallest absolute Gasteiger partial charge is 0.302 e. The van der Waals surface area contributed by atoms with E-state index in [0.29, 0.717) is 6.42 Å². The number of esters is 1. The summed E-state index contributed by atoms with van der Waals surface area (Å²) in [5.41, 5.74) is 1.02. The highest BCUT2D eigenvalue weighted by atomic mass is 16.5. The van der Waals surface area contributed by atoms with Crippen LogP contribution in [0.25, 0.3) is 0 Å². The lowest BCUT2D eigenvalue weighted by atomic mass is 10.0. The van der Waals surface area contributed by atoms with Gasteiger partial charge in [-0.05, 0) is 24.1 Å². The lowest BCUT2D eigenvalue weighted by molar-refractivity contribution is -0.141. The van der Waals surface area contributed by atoms with E-state index in [1.54, 1.807) is 7.11 Å². The molecule has 0 saturated heterocycles. The van der Waals surface area contributed by atoms with Crippen molar-refractivity contribution in [3.63, 3.8) is 0 Å². The summed E-state index contributed by atoms with van der Waals surface area (Å²) in [5, 5.41) is 8.94. The highest BCUT2D eigenvalue weighted by Crippen LogP contribution is 2.14. The second-order valence-corrected chi connectivity index (χ2v) is 3.68. The molecule has 0 aliphatic carbocycles. The molecular formula is C13H15NO3. The number of hydrogen-bond donors (Lipinski definition) is 0. The SMILES string of the molecule is COc1ccc(CC(C#N)COC(C)=O)cc1. The third kappa shape index (κ3) is 4.56. The number of carbonyl (C=O) groups excluding carboxylic acids is 1. The van der Waals surface area contributed by atoms with Crippen molar-refractivity contribution in [2.24, 2.45) is 5.92 Å². The van der Waals surface area contributed by atoms with Crippen LogP contribution in [0.5, 0.6) is 5.75 Å². The molecule has 0 aliphatic heterocycles. The molecule has 1 aromatic rings. The van der Waals surface area contributed by atoms with E-state index in [0.717, 1.165) is 11.3 Å². The molecule has 0 aromatic heterocycles. The maximum absolute atomic E-state index is 10.7. The molecule has 17 heavy (non-hydrogen) atoms. The Morgan fingerprint density at radius 2 is 2.06 bits per heavy atom. The zero-order valence-electron chi connectivity index (χ0n) is 9.97. The highest BCUT2D eigenvalue weighted by molar-refractivity contribution is 5.65. The van der Waals surface area contributed by atoms with Crippen LogP contribution in [0.3, 0.4) is 0 Å². The third-order valence-electron chi connectivity index (χ3n) is 2.31. The Kier molecular flexibility index (Phi) is 5.02. The summed E-state index contributed by atoms with van der Waals surface area (Å²) in [6, 6.07) is 9.61. The zero-order valence-corrected chi connectivity index (χ0v) is 9.97. The maximum Gasteiger partial charge on any atom is 0.302 e. The van der Waals surface area contributed by atoms with Crippen molar-refractivity contribution in [1.29, 1.82) is 5.26 Å². The van der Waals surface area contributed by atoms with Crippen molar-refractivity contribution < 1.29 is 14.3 Å². The lowest BCUT2D eigenvalue weighted by Crippen LogP contribution is -2.13. The predicted molar refractivity (Wildman–Crippen MR) is 62.4 cm³/mol. The Balaban J connectivity index is 2.55. The minimum absolute atomic E-state index is 0.137. The van der Waals surface area contributed by atoms with Crippen LogP contribution in [0.15, 0.2) is 24.3 Å². The van der Waals surface area contributed by atoms with Gasteiger partial charge in [0.2, 0.25) is 0 Å². The molecule has 0 radical (unpaired) electrons. The molecule has 0 spiro atoms. The molecule has 1 unspecified atom stereocenters. The zero-order chi connectivity index (χ0) is 12.7. The van der Waals surface area contributed by atoms with Crippen molar-refractivity contribution >= 4 is 5.97 Å². The Morgan fingerprint density at radius 3 is 2.53 bits per heavy atom. The number of ether oxygens (including phenoxy) is 2. The lowest BCUT2D eigenvalue weighted by Gasteiger charge is -2.09. The van der Waals surface area contributed by atoms with Crippen LogP contribution < -0.4 is 4.74 Å². The highest BCUT2D eigenvalue weighted by Gasteiger charge is 2.10. The fraction of sp³-hybridized carbons (Fsp3) is 0.385. The Labute approximate surface area is 101 Å². The van der Waals surface area contributed by atoms with Gasteiger partial charge in [-0.25, -0.2) is 0 Å². The van der Waals surface area contributed by atoms with Crippen molar-refractivity contribution in [3.8, 4) is 11.8 Å². The standard InChI is InChI=1S/C13H15NO3/c1-10(15)17-9-12(8-14)7-11-3-5-13(16-2)6-4-11/h3-6,12H,7,9H2,1-2H3. The van der Waals surface area contributed by atoms with E-state index < -0.39 is 0 Å². The molecule has 0 heterocycles. The monoisotopic (exact) mass is 233 g/mol. The predicted octanol–water partition coefficient (Wildman–Crippen LogP) is 1.94. The average molecular weight is 233 g/mol. The van der Waals surface area contributed by atoms with E-state index in [-0.39, 0.29) is 18.5 Å². The van der Waals surface area contributed by atoms with Gasteiger partial charge in [-0.2, -0.15) is 5.26 Å². The van der Waals surface area contributed by atoms with Gasteiger partial charge in [0.1, 0.15) is 12.4 Å². The van der Waals surface area contributed by atoms with Crippen molar-refractivity contribution in [1.82, 2.24) is 0 Å². The van der Waals surface area contributed by atoms with E-state index in [1.165, 1.54) is 6.92 Å². The summed E-state index contributed by atoms with van der Waals surface area (Å²) in [7, 11) is 1.60. The van der Waals surface area contributed by atoms with Crippen molar-refractivity contribution in [2.45, 2.75) is 13.3 Å². The molecule has 0 fully saturated rings. The normalized spacial score (nSPS) is 11.4. The van der Waals surface area contributed by atoms with Crippen molar-refractivity contribution in [2.75, 3.05) is 13.7 Å². The largest absolute Gasteiger partial charge is 0.497 e. The first-order valence-electron chi connectivity index (χ1n) is 5.31. The van der Waals surface area contributed by atoms with E-state index in [2.05, 4.69) is 6.07 Å². The van der Waals surface area contributed by atoms with Crippen LogP contribution in [0.1, 0.15) is 12.5 Å². The van der Waals surface area contributed by atoms with Gasteiger partial charge in [0.25, 0.3) is 0 Å². The summed E-state index contributed by atoms with van der Waals surface area (Å²) in [6.07, 6.45) is 0.563. The number of hydrogen-bond acceptors (Lipinski definition) is 4. The second-order valence-electron chi connectivity index (χ2n) is 3.68. The first kappa shape index (κ1) is 13.0. The topological polar surface area (TPSA) is 59.3 Å². The first-order valence-corrected chi connectivity index (χ1v) is 5.31. The quantitative estimate of drug-likeness (QED) is 0.729. The molecule has 0 aliphatic rings. The van der Waals surface area contributed by atoms with E-state index in [1.807, 2.05) is 24.3 Å². The summed E-state index contributed by atoms with van der Waals surface area (Å²) in [6.45, 7) is 1.47. The van der Waals surface area contributed by atoms with Crippen LogP contribution in [0, 0.1) is 17.2 Å². The molecule has 0 N–H and O–H groups in total. The Morgan fingerprint density at radius 1 is 1.41 bits per heavy atom. The number of rotatable bonds is 5. The van der Waals surface area contributed by atoms with Gasteiger partial charge in [0.05, 0.1) is 19.1 Å².